The molecule has 2 aromatic rings. The van der Waals surface area contributed by atoms with Gasteiger partial charge in [-0.2, -0.15) is 15.5 Å². The van der Waals surface area contributed by atoms with E-state index in [1.165, 1.54) is 4.68 Å². The van der Waals surface area contributed by atoms with Gasteiger partial charge in [0.1, 0.15) is 6.07 Å². The standard InChI is InChI=1S/C12H11N7O2/c1-19-9-3-2-6(16-17-8(5-13)11(14)15)4-7(9)10(18-19)12(20)21/h2-4,16H,1H3,(H3,14,15)(H,20,21)/b17-8+. The number of nitrogens with one attached hydrogen (secondary N) is 2. The molecule has 0 saturated carbocycles. The molecule has 0 unspecified atom stereocenters. The first-order valence-electron chi connectivity index (χ1n) is 5.72. The number of aryl methyl sites for hydroxylation is 1. The number of carboxylic acid groups (broad SMARTS) is 1. The minimum absolute atomic E-state index is 0.0767. The zero-order valence-electron chi connectivity index (χ0n) is 11.0. The molecule has 0 spiro atoms. The number of amidine groups is 1. The molecule has 1 heterocycles. The van der Waals surface area contributed by atoms with Crippen LogP contribution in [0.25, 0.3) is 10.9 Å². The monoisotopic (exact) mass is 285 g/mol. The van der Waals surface area contributed by atoms with Crippen LogP contribution in [0.2, 0.25) is 0 Å². The van der Waals surface area contributed by atoms with Gasteiger partial charge >= 0.3 is 5.97 Å². The van der Waals surface area contributed by atoms with E-state index in [0.717, 1.165) is 0 Å². The largest absolute Gasteiger partial charge is 0.476 e. The molecule has 2 rings (SSSR count). The summed E-state index contributed by atoms with van der Waals surface area (Å²) in [6.45, 7) is 0. The lowest BCUT2D eigenvalue weighted by Crippen LogP contribution is -2.21. The molecule has 0 bridgehead atoms. The summed E-state index contributed by atoms with van der Waals surface area (Å²) < 4.78 is 1.46. The van der Waals surface area contributed by atoms with Gasteiger partial charge in [-0.1, -0.05) is 0 Å². The molecule has 0 radical (unpaired) electrons. The van der Waals surface area contributed by atoms with E-state index in [1.54, 1.807) is 31.3 Å². The molecule has 9 nitrogen and oxygen atoms in total. The van der Waals surface area contributed by atoms with Crippen LogP contribution in [0, 0.1) is 16.7 Å². The first kappa shape index (κ1) is 14.0. The van der Waals surface area contributed by atoms with Crippen LogP contribution in [0.15, 0.2) is 23.3 Å². The lowest BCUT2D eigenvalue weighted by Gasteiger charge is -2.02. The van der Waals surface area contributed by atoms with Gasteiger partial charge in [0.05, 0.1) is 11.2 Å². The van der Waals surface area contributed by atoms with Crippen molar-refractivity contribution >= 4 is 34.1 Å². The zero-order chi connectivity index (χ0) is 15.6. The van der Waals surface area contributed by atoms with Gasteiger partial charge in [0.25, 0.3) is 0 Å². The Morgan fingerprint density at radius 3 is 2.90 bits per heavy atom. The van der Waals surface area contributed by atoms with Crippen LogP contribution in [0.1, 0.15) is 10.5 Å². The van der Waals surface area contributed by atoms with Crippen molar-refractivity contribution in [2.45, 2.75) is 0 Å². The SMILES string of the molecule is Cn1nc(C(=O)O)c2cc(N/N=C(\C#N)C(=N)N)ccc21. The molecule has 5 N–H and O–H groups in total. The number of anilines is 1. The van der Waals surface area contributed by atoms with Gasteiger partial charge in [0, 0.05) is 12.4 Å². The van der Waals surface area contributed by atoms with Gasteiger partial charge in [0.15, 0.2) is 11.5 Å². The fourth-order valence-corrected chi connectivity index (χ4v) is 1.76. The highest BCUT2D eigenvalue weighted by Gasteiger charge is 2.15. The molecule has 0 aliphatic heterocycles. The number of rotatable bonds is 4. The third-order valence-electron chi connectivity index (χ3n) is 2.71. The van der Waals surface area contributed by atoms with Crippen LogP contribution >= 0.6 is 0 Å². The van der Waals surface area contributed by atoms with Crippen LogP contribution in [0.3, 0.4) is 0 Å². The Kier molecular flexibility index (Phi) is 3.53. The normalized spacial score (nSPS) is 11.1. The molecule has 21 heavy (non-hydrogen) atoms. The van der Waals surface area contributed by atoms with E-state index in [2.05, 4.69) is 15.6 Å². The van der Waals surface area contributed by atoms with E-state index in [4.69, 9.17) is 21.5 Å². The van der Waals surface area contributed by atoms with Crippen LogP contribution in [-0.4, -0.2) is 32.4 Å². The number of aromatic carboxylic acids is 1. The van der Waals surface area contributed by atoms with Crippen LogP contribution in [0.4, 0.5) is 5.69 Å². The lowest BCUT2D eigenvalue weighted by atomic mass is 10.2. The van der Waals surface area contributed by atoms with E-state index < -0.39 is 11.8 Å². The summed E-state index contributed by atoms with van der Waals surface area (Å²) >= 11 is 0. The number of hydrogen-bond donors (Lipinski definition) is 4. The molecule has 0 aliphatic rings. The van der Waals surface area contributed by atoms with Crippen molar-refractivity contribution in [2.75, 3.05) is 5.43 Å². The second-order valence-electron chi connectivity index (χ2n) is 4.11. The maximum Gasteiger partial charge on any atom is 0.357 e. The zero-order valence-corrected chi connectivity index (χ0v) is 11.0. The van der Waals surface area contributed by atoms with Gasteiger partial charge in [-0.15, -0.1) is 0 Å². The number of carbonyl (C=O) groups is 1. The number of nitrogens with zero attached hydrogens (tertiary/aromatic N) is 4. The predicted molar refractivity (Wildman–Crippen MR) is 76.3 cm³/mol. The number of aromatic nitrogens is 2. The third-order valence-corrected chi connectivity index (χ3v) is 2.71. The van der Waals surface area contributed by atoms with Crippen LogP contribution < -0.4 is 11.2 Å². The van der Waals surface area contributed by atoms with Crippen molar-refractivity contribution in [3.05, 3.63) is 23.9 Å². The Balaban J connectivity index is 2.44. The molecule has 1 aromatic carbocycles. The first-order valence-corrected chi connectivity index (χ1v) is 5.72. The van der Waals surface area contributed by atoms with Crippen molar-refractivity contribution in [1.82, 2.24) is 9.78 Å². The second kappa shape index (κ2) is 5.30. The molecule has 0 saturated heterocycles. The number of fused-ring (bicyclic) bond motifs is 1. The van der Waals surface area contributed by atoms with Crippen molar-refractivity contribution in [2.24, 2.45) is 17.9 Å². The Morgan fingerprint density at radius 2 is 2.33 bits per heavy atom. The summed E-state index contributed by atoms with van der Waals surface area (Å²) in [6.07, 6.45) is 0. The van der Waals surface area contributed by atoms with Crippen molar-refractivity contribution in [1.29, 1.82) is 10.7 Å². The number of nitriles is 1. The van der Waals surface area contributed by atoms with E-state index in [-0.39, 0.29) is 11.4 Å². The Labute approximate surface area is 118 Å². The highest BCUT2D eigenvalue weighted by atomic mass is 16.4. The Bertz CT molecular complexity index is 813. The molecule has 0 fully saturated rings. The molecule has 0 aliphatic carbocycles. The maximum absolute atomic E-state index is 11.1. The van der Waals surface area contributed by atoms with E-state index >= 15 is 0 Å². The quantitative estimate of drug-likeness (QED) is 0.364. The maximum atomic E-state index is 11.1. The number of hydrogen-bond acceptors (Lipinski definition) is 6. The van der Waals surface area contributed by atoms with E-state index in [1.807, 2.05) is 0 Å². The fourth-order valence-electron chi connectivity index (χ4n) is 1.76. The van der Waals surface area contributed by atoms with Crippen molar-refractivity contribution in [3.63, 3.8) is 0 Å². The topological polar surface area (TPSA) is 153 Å². The molecule has 0 atom stereocenters. The van der Waals surface area contributed by atoms with Gasteiger partial charge in [-0.3, -0.25) is 15.5 Å². The Hall–Kier alpha value is -3.41. The minimum atomic E-state index is -1.14. The lowest BCUT2D eigenvalue weighted by molar-refractivity contribution is 0.0691. The molecule has 106 valence electrons. The van der Waals surface area contributed by atoms with Crippen LogP contribution in [0.5, 0.6) is 0 Å². The minimum Gasteiger partial charge on any atom is -0.476 e. The molecule has 9 heteroatoms. The van der Waals surface area contributed by atoms with Gasteiger partial charge in [-0.25, -0.2) is 4.79 Å². The molecular weight excluding hydrogens is 274 g/mol. The highest BCUT2D eigenvalue weighted by Crippen LogP contribution is 2.22. The summed E-state index contributed by atoms with van der Waals surface area (Å²) in [6, 6.07) is 6.54. The number of hydrazone groups is 1. The number of benzene rings is 1. The molecule has 0 amide bonds. The fraction of sp³-hybridized carbons (Fsp3) is 0.0833. The third kappa shape index (κ3) is 2.64. The first-order chi connectivity index (χ1) is 9.93. The average Bonchev–Trinajstić information content (AvgIpc) is 2.76. The molecular formula is C12H11N7O2. The van der Waals surface area contributed by atoms with Gasteiger partial charge in [0.2, 0.25) is 5.71 Å². The summed E-state index contributed by atoms with van der Waals surface area (Å²) in [7, 11) is 1.64. The highest BCUT2D eigenvalue weighted by molar-refractivity contribution is 6.45. The smallest absolute Gasteiger partial charge is 0.357 e. The number of carboxylic acids is 1. The predicted octanol–water partition coefficient (Wildman–Crippen LogP) is 0.499. The number of nitrogens with two attached hydrogens (primary N) is 1. The Morgan fingerprint density at radius 1 is 1.62 bits per heavy atom. The van der Waals surface area contributed by atoms with Crippen molar-refractivity contribution in [3.8, 4) is 6.07 Å². The summed E-state index contributed by atoms with van der Waals surface area (Å²) in [4.78, 5) is 11.1. The van der Waals surface area contributed by atoms with E-state index in [9.17, 15) is 4.79 Å². The molecule has 1 aromatic heterocycles. The average molecular weight is 285 g/mol. The van der Waals surface area contributed by atoms with E-state index in [0.29, 0.717) is 16.6 Å². The van der Waals surface area contributed by atoms with Gasteiger partial charge < -0.3 is 10.8 Å². The van der Waals surface area contributed by atoms with Crippen molar-refractivity contribution < 1.29 is 9.90 Å². The summed E-state index contributed by atoms with van der Waals surface area (Å²) in [5.74, 6) is -1.60. The van der Waals surface area contributed by atoms with Gasteiger partial charge in [-0.05, 0) is 18.2 Å². The second-order valence-corrected chi connectivity index (χ2v) is 4.11. The van der Waals surface area contributed by atoms with Crippen LogP contribution in [-0.2, 0) is 7.05 Å². The summed E-state index contributed by atoms with van der Waals surface area (Å²) in [5, 5.41) is 33.0. The summed E-state index contributed by atoms with van der Waals surface area (Å²) in [5.41, 5.74) is 8.48.